The number of nitro groups is 1. The topological polar surface area (TPSA) is 110 Å². The highest BCUT2D eigenvalue weighted by atomic mass is 32.2. The third kappa shape index (κ3) is 3.82. The van der Waals surface area contributed by atoms with Crippen LogP contribution in [0.3, 0.4) is 0 Å². The summed E-state index contributed by atoms with van der Waals surface area (Å²) in [7, 11) is -5.65. The van der Waals surface area contributed by atoms with Crippen LogP contribution in [0, 0.1) is 10.1 Å². The molecule has 1 aromatic carbocycles. The van der Waals surface area contributed by atoms with Crippen molar-refractivity contribution in [2.45, 2.75) is 16.8 Å². The highest BCUT2D eigenvalue weighted by Crippen LogP contribution is 2.34. The SMILES string of the molecule is O=[N+]([O-])c1cc(S(=O)(=O)C(F)(F)F)ccc1NCCCO. The summed E-state index contributed by atoms with van der Waals surface area (Å²) in [6.07, 6.45) is 0.264. The Morgan fingerprint density at radius 2 is 1.95 bits per heavy atom. The quantitative estimate of drug-likeness (QED) is 0.467. The van der Waals surface area contributed by atoms with E-state index in [0.29, 0.717) is 12.1 Å². The highest BCUT2D eigenvalue weighted by Gasteiger charge is 2.47. The first-order chi connectivity index (χ1) is 9.61. The number of aliphatic hydroxyl groups is 1. The lowest BCUT2D eigenvalue weighted by molar-refractivity contribution is -0.384. The average Bonchev–Trinajstić information content (AvgIpc) is 2.37. The molecule has 0 heterocycles. The summed E-state index contributed by atoms with van der Waals surface area (Å²) in [5, 5.41) is 21.9. The number of anilines is 1. The van der Waals surface area contributed by atoms with Crippen LogP contribution in [-0.2, 0) is 9.84 Å². The lowest BCUT2D eigenvalue weighted by atomic mass is 10.2. The van der Waals surface area contributed by atoms with Gasteiger partial charge in [0.2, 0.25) is 0 Å². The van der Waals surface area contributed by atoms with Gasteiger partial charge in [-0.05, 0) is 18.6 Å². The minimum Gasteiger partial charge on any atom is -0.396 e. The summed E-state index contributed by atoms with van der Waals surface area (Å²) < 4.78 is 59.6. The van der Waals surface area contributed by atoms with Crippen LogP contribution in [0.1, 0.15) is 6.42 Å². The number of hydrogen-bond acceptors (Lipinski definition) is 6. The van der Waals surface area contributed by atoms with Gasteiger partial charge in [-0.2, -0.15) is 13.2 Å². The van der Waals surface area contributed by atoms with Gasteiger partial charge in [-0.25, -0.2) is 8.42 Å². The predicted molar refractivity (Wildman–Crippen MR) is 66.5 cm³/mol. The lowest BCUT2D eigenvalue weighted by Crippen LogP contribution is -2.23. The zero-order valence-corrected chi connectivity index (χ0v) is 11.2. The van der Waals surface area contributed by atoms with Gasteiger partial charge in [-0.1, -0.05) is 0 Å². The van der Waals surface area contributed by atoms with E-state index in [1.54, 1.807) is 0 Å². The largest absolute Gasteiger partial charge is 0.501 e. The van der Waals surface area contributed by atoms with E-state index in [1.807, 2.05) is 0 Å². The first kappa shape index (κ1) is 17.2. The number of halogens is 3. The first-order valence-electron chi connectivity index (χ1n) is 5.56. The third-order valence-corrected chi connectivity index (χ3v) is 3.92. The second kappa shape index (κ2) is 6.26. The summed E-state index contributed by atoms with van der Waals surface area (Å²) in [6, 6.07) is 1.87. The van der Waals surface area contributed by atoms with E-state index in [1.165, 1.54) is 0 Å². The molecule has 21 heavy (non-hydrogen) atoms. The van der Waals surface area contributed by atoms with Crippen molar-refractivity contribution in [1.29, 1.82) is 0 Å². The second-order valence-electron chi connectivity index (χ2n) is 3.89. The smallest absolute Gasteiger partial charge is 0.396 e. The fourth-order valence-corrected chi connectivity index (χ4v) is 2.20. The summed E-state index contributed by atoms with van der Waals surface area (Å²) in [6.45, 7) is -0.0377. The molecule has 0 bridgehead atoms. The van der Waals surface area contributed by atoms with Gasteiger partial charge >= 0.3 is 5.51 Å². The number of hydrogen-bond donors (Lipinski definition) is 2. The van der Waals surface area contributed by atoms with Crippen molar-refractivity contribution in [3.8, 4) is 0 Å². The highest BCUT2D eigenvalue weighted by molar-refractivity contribution is 7.92. The van der Waals surface area contributed by atoms with Crippen molar-refractivity contribution < 1.29 is 31.6 Å². The minimum absolute atomic E-state index is 0.130. The van der Waals surface area contributed by atoms with Gasteiger partial charge in [0.1, 0.15) is 5.69 Å². The molecule has 0 aliphatic heterocycles. The molecular formula is C10H11F3N2O5S. The number of rotatable bonds is 6. The van der Waals surface area contributed by atoms with Crippen LogP contribution in [-0.4, -0.2) is 37.1 Å². The van der Waals surface area contributed by atoms with Gasteiger partial charge in [0.25, 0.3) is 15.5 Å². The maximum absolute atomic E-state index is 12.4. The molecule has 0 amide bonds. The first-order valence-corrected chi connectivity index (χ1v) is 7.04. The fraction of sp³-hybridized carbons (Fsp3) is 0.400. The Labute approximate surface area is 117 Å². The van der Waals surface area contributed by atoms with Crippen LogP contribution in [0.15, 0.2) is 23.1 Å². The lowest BCUT2D eigenvalue weighted by Gasteiger charge is -2.10. The van der Waals surface area contributed by atoms with Gasteiger partial charge in [0, 0.05) is 19.2 Å². The Hall–Kier alpha value is -1.88. The molecule has 0 saturated heterocycles. The van der Waals surface area contributed by atoms with Gasteiger partial charge in [0.05, 0.1) is 9.82 Å². The monoisotopic (exact) mass is 328 g/mol. The van der Waals surface area contributed by atoms with Crippen LogP contribution in [0.25, 0.3) is 0 Å². The van der Waals surface area contributed by atoms with Crippen molar-refractivity contribution >= 4 is 21.2 Å². The summed E-state index contributed by atoms with van der Waals surface area (Å²) in [5.41, 5.74) is -6.46. The number of nitro benzene ring substituents is 1. The molecule has 0 spiro atoms. The van der Waals surface area contributed by atoms with Crippen LogP contribution in [0.2, 0.25) is 0 Å². The molecule has 11 heteroatoms. The number of alkyl halides is 3. The number of nitrogens with one attached hydrogen (secondary N) is 1. The molecule has 0 aromatic heterocycles. The molecule has 0 unspecified atom stereocenters. The maximum Gasteiger partial charge on any atom is 0.501 e. The summed E-state index contributed by atoms with van der Waals surface area (Å²) in [5.74, 6) is 0. The number of nitrogens with zero attached hydrogens (tertiary/aromatic N) is 1. The summed E-state index contributed by atoms with van der Waals surface area (Å²) in [4.78, 5) is 8.63. The fourth-order valence-electron chi connectivity index (χ4n) is 1.41. The van der Waals surface area contributed by atoms with E-state index in [0.717, 1.165) is 6.07 Å². The van der Waals surface area contributed by atoms with Crippen molar-refractivity contribution in [3.63, 3.8) is 0 Å². The van der Waals surface area contributed by atoms with Crippen molar-refractivity contribution in [1.82, 2.24) is 0 Å². The Balaban J connectivity index is 3.24. The normalized spacial score (nSPS) is 12.2. The Morgan fingerprint density at radius 1 is 1.33 bits per heavy atom. The molecule has 118 valence electrons. The Kier molecular flexibility index (Phi) is 5.12. The van der Waals surface area contributed by atoms with E-state index >= 15 is 0 Å². The molecule has 0 radical (unpaired) electrons. The van der Waals surface area contributed by atoms with Crippen LogP contribution in [0.4, 0.5) is 24.5 Å². The van der Waals surface area contributed by atoms with E-state index < -0.39 is 30.9 Å². The molecule has 0 aliphatic carbocycles. The third-order valence-electron chi connectivity index (χ3n) is 2.43. The van der Waals surface area contributed by atoms with Crippen LogP contribution in [0.5, 0.6) is 0 Å². The van der Waals surface area contributed by atoms with E-state index in [4.69, 9.17) is 5.11 Å². The molecule has 1 aromatic rings. The molecular weight excluding hydrogens is 317 g/mol. The second-order valence-corrected chi connectivity index (χ2v) is 5.83. The standard InChI is InChI=1S/C10H11F3N2O5S/c11-10(12,13)21(19,20)7-2-3-8(14-4-1-5-16)9(6-7)15(17)18/h2-3,6,14,16H,1,4-5H2. The van der Waals surface area contributed by atoms with Gasteiger partial charge in [0.15, 0.2) is 0 Å². The molecule has 0 saturated carbocycles. The predicted octanol–water partition coefficient (Wildman–Crippen LogP) is 1.68. The summed E-state index contributed by atoms with van der Waals surface area (Å²) >= 11 is 0. The van der Waals surface area contributed by atoms with Crippen molar-refractivity contribution in [2.24, 2.45) is 0 Å². The van der Waals surface area contributed by atoms with Crippen LogP contribution < -0.4 is 5.32 Å². The van der Waals surface area contributed by atoms with Gasteiger partial charge in [-0.15, -0.1) is 0 Å². The number of sulfone groups is 1. The van der Waals surface area contributed by atoms with Gasteiger partial charge in [-0.3, -0.25) is 10.1 Å². The number of benzene rings is 1. The maximum atomic E-state index is 12.4. The molecule has 0 atom stereocenters. The van der Waals surface area contributed by atoms with E-state index in [-0.39, 0.29) is 25.3 Å². The molecule has 2 N–H and O–H groups in total. The van der Waals surface area contributed by atoms with E-state index in [9.17, 15) is 31.7 Å². The van der Waals surface area contributed by atoms with Gasteiger partial charge < -0.3 is 10.4 Å². The van der Waals surface area contributed by atoms with Crippen molar-refractivity contribution in [2.75, 3.05) is 18.5 Å². The van der Waals surface area contributed by atoms with E-state index in [2.05, 4.69) is 5.32 Å². The number of aliphatic hydroxyl groups excluding tert-OH is 1. The Bertz CT molecular complexity index is 630. The van der Waals surface area contributed by atoms with Crippen LogP contribution >= 0.6 is 0 Å². The zero-order chi connectivity index (χ0) is 16.3. The minimum atomic E-state index is -5.65. The Morgan fingerprint density at radius 3 is 2.43 bits per heavy atom. The van der Waals surface area contributed by atoms with Crippen molar-refractivity contribution in [3.05, 3.63) is 28.3 Å². The zero-order valence-electron chi connectivity index (χ0n) is 10.4. The molecule has 1 rings (SSSR count). The molecule has 0 fully saturated rings. The molecule has 0 aliphatic rings. The molecule has 7 nitrogen and oxygen atoms in total. The average molecular weight is 328 g/mol.